The Morgan fingerprint density at radius 2 is 2.04 bits per heavy atom. The van der Waals surface area contributed by atoms with Crippen LogP contribution in [-0.2, 0) is 14.8 Å². The predicted octanol–water partition coefficient (Wildman–Crippen LogP) is 3.85. The molecular weight excluding hydrogens is 382 g/mol. The van der Waals surface area contributed by atoms with Crippen molar-refractivity contribution in [3.05, 3.63) is 60.2 Å². The van der Waals surface area contributed by atoms with Crippen LogP contribution in [0.1, 0.15) is 32.3 Å². The van der Waals surface area contributed by atoms with Crippen molar-refractivity contribution in [2.24, 2.45) is 0 Å². The van der Waals surface area contributed by atoms with Crippen LogP contribution in [0.5, 0.6) is 0 Å². The van der Waals surface area contributed by atoms with Gasteiger partial charge < -0.3 is 5.11 Å². The number of rotatable bonds is 8. The molecule has 1 aromatic rings. The maximum atomic E-state index is 12.8. The summed E-state index contributed by atoms with van der Waals surface area (Å²) < 4.78 is 26.7. The third-order valence-electron chi connectivity index (χ3n) is 4.49. The fourth-order valence-electron chi connectivity index (χ4n) is 2.66. The van der Waals surface area contributed by atoms with Gasteiger partial charge in [0.05, 0.1) is 0 Å². The van der Waals surface area contributed by atoms with Gasteiger partial charge in [0.15, 0.2) is 0 Å². The van der Waals surface area contributed by atoms with Gasteiger partial charge in [-0.15, -0.1) is 11.8 Å². The fraction of sp³-hybridized carbons (Fsp3) is 0.350. The minimum atomic E-state index is -3.89. The minimum Gasteiger partial charge on any atom is -0.480 e. The maximum Gasteiger partial charge on any atom is 0.325 e. The predicted molar refractivity (Wildman–Crippen MR) is 111 cm³/mol. The minimum absolute atomic E-state index is 0.266. The van der Waals surface area contributed by atoms with Crippen LogP contribution < -0.4 is 4.72 Å². The van der Waals surface area contributed by atoms with Gasteiger partial charge in [-0.3, -0.25) is 4.79 Å². The van der Waals surface area contributed by atoms with Crippen molar-refractivity contribution in [2.45, 2.75) is 42.4 Å². The SMILES string of the molecule is CC/C=C\C(NS(=O)(=O)C1(C)C=CC(c2ccc(SC)cc2)=CC1)C(=O)O. The largest absolute Gasteiger partial charge is 0.480 e. The van der Waals surface area contributed by atoms with Crippen molar-refractivity contribution in [3.8, 4) is 0 Å². The second-order valence-electron chi connectivity index (χ2n) is 6.51. The van der Waals surface area contributed by atoms with Crippen molar-refractivity contribution < 1.29 is 18.3 Å². The zero-order chi connectivity index (χ0) is 20.1. The van der Waals surface area contributed by atoms with Gasteiger partial charge in [0.25, 0.3) is 0 Å². The molecule has 1 aliphatic carbocycles. The zero-order valence-corrected chi connectivity index (χ0v) is 17.3. The van der Waals surface area contributed by atoms with Crippen LogP contribution in [0, 0.1) is 0 Å². The highest BCUT2D eigenvalue weighted by atomic mass is 32.2. The number of allylic oxidation sites excluding steroid dienone is 4. The van der Waals surface area contributed by atoms with E-state index >= 15 is 0 Å². The number of hydrogen-bond acceptors (Lipinski definition) is 4. The smallest absolute Gasteiger partial charge is 0.325 e. The Morgan fingerprint density at radius 3 is 2.52 bits per heavy atom. The fourth-order valence-corrected chi connectivity index (χ4v) is 4.40. The van der Waals surface area contributed by atoms with E-state index < -0.39 is 26.8 Å². The van der Waals surface area contributed by atoms with Crippen molar-refractivity contribution in [2.75, 3.05) is 6.26 Å². The lowest BCUT2D eigenvalue weighted by molar-refractivity contribution is -0.137. The van der Waals surface area contributed by atoms with Gasteiger partial charge in [0.1, 0.15) is 10.8 Å². The summed E-state index contributed by atoms with van der Waals surface area (Å²) in [6.45, 7) is 3.45. The van der Waals surface area contributed by atoms with Crippen LogP contribution in [0.3, 0.4) is 0 Å². The number of carbonyl (C=O) groups is 1. The van der Waals surface area contributed by atoms with Crippen molar-refractivity contribution >= 4 is 33.3 Å². The lowest BCUT2D eigenvalue weighted by Crippen LogP contribution is -2.49. The van der Waals surface area contributed by atoms with Crippen LogP contribution in [0.4, 0.5) is 0 Å². The summed E-state index contributed by atoms with van der Waals surface area (Å²) in [4.78, 5) is 12.5. The van der Waals surface area contributed by atoms with Crippen LogP contribution in [0.15, 0.2) is 59.5 Å². The van der Waals surface area contributed by atoms with Crippen molar-refractivity contribution in [3.63, 3.8) is 0 Å². The Kier molecular flexibility index (Phi) is 7.08. The number of sulfonamides is 1. The van der Waals surface area contributed by atoms with Gasteiger partial charge in [0.2, 0.25) is 10.0 Å². The zero-order valence-electron chi connectivity index (χ0n) is 15.7. The second kappa shape index (κ2) is 8.91. The molecule has 0 fully saturated rings. The van der Waals surface area contributed by atoms with Gasteiger partial charge in [0, 0.05) is 4.90 Å². The van der Waals surface area contributed by atoms with Crippen LogP contribution >= 0.6 is 11.8 Å². The molecule has 0 aliphatic heterocycles. The first-order valence-corrected chi connectivity index (χ1v) is 11.4. The molecule has 2 unspecified atom stereocenters. The molecule has 2 rings (SSSR count). The van der Waals surface area contributed by atoms with Crippen molar-refractivity contribution in [1.82, 2.24) is 4.72 Å². The molecule has 0 heterocycles. The first kappa shape index (κ1) is 21.5. The number of nitrogens with one attached hydrogen (secondary N) is 1. The highest BCUT2D eigenvalue weighted by molar-refractivity contribution is 7.98. The Balaban J connectivity index is 2.19. The molecule has 1 aliphatic rings. The molecule has 146 valence electrons. The molecule has 1 aromatic carbocycles. The summed E-state index contributed by atoms with van der Waals surface area (Å²) >= 11 is 1.66. The summed E-state index contributed by atoms with van der Waals surface area (Å²) in [7, 11) is -3.89. The number of carboxylic acid groups (broad SMARTS) is 1. The van der Waals surface area contributed by atoms with E-state index in [-0.39, 0.29) is 6.42 Å². The van der Waals surface area contributed by atoms with Crippen molar-refractivity contribution in [1.29, 1.82) is 0 Å². The van der Waals surface area contributed by atoms with Gasteiger partial charge in [-0.25, -0.2) is 8.42 Å². The molecule has 5 nitrogen and oxygen atoms in total. The monoisotopic (exact) mass is 407 g/mol. The standard InChI is InChI=1S/C20H25NO4S2/c1-4-5-6-18(19(22)23)21-27(24,25)20(2)13-11-16(12-14-20)15-7-9-17(26-3)10-8-15/h5-13,18,21H,4,14H2,1-3H3,(H,22,23)/b6-5-. The summed E-state index contributed by atoms with van der Waals surface area (Å²) in [5, 5.41) is 9.27. The lowest BCUT2D eigenvalue weighted by Gasteiger charge is -2.29. The molecule has 0 spiro atoms. The molecule has 2 N–H and O–H groups in total. The first-order valence-electron chi connectivity index (χ1n) is 8.67. The third kappa shape index (κ3) is 5.12. The normalized spacial score (nSPS) is 21.2. The van der Waals surface area contributed by atoms with Gasteiger partial charge >= 0.3 is 5.97 Å². The van der Waals surface area contributed by atoms with Gasteiger partial charge in [-0.05, 0) is 49.3 Å². The lowest BCUT2D eigenvalue weighted by atomic mass is 9.93. The number of carboxylic acids is 1. The summed E-state index contributed by atoms with van der Waals surface area (Å²) in [5.74, 6) is -1.23. The average Bonchev–Trinajstić information content (AvgIpc) is 2.65. The van der Waals surface area contributed by atoms with E-state index in [1.165, 1.54) is 6.08 Å². The van der Waals surface area contributed by atoms with E-state index in [0.717, 1.165) is 16.0 Å². The van der Waals surface area contributed by atoms with Gasteiger partial charge in [-0.1, -0.05) is 49.4 Å². The number of benzene rings is 1. The molecule has 2 atom stereocenters. The van der Waals surface area contributed by atoms with E-state index in [9.17, 15) is 18.3 Å². The van der Waals surface area contributed by atoms with Gasteiger partial charge in [-0.2, -0.15) is 4.72 Å². The Hall–Kier alpha value is -1.83. The van der Waals surface area contributed by atoms with Crippen LogP contribution in [-0.4, -0.2) is 36.5 Å². The van der Waals surface area contributed by atoms with Crippen LogP contribution in [0.2, 0.25) is 0 Å². The molecule has 0 saturated carbocycles. The summed E-state index contributed by atoms with van der Waals surface area (Å²) in [6.07, 6.45) is 11.2. The van der Waals surface area contributed by atoms with E-state index in [1.807, 2.05) is 43.5 Å². The molecule has 0 amide bonds. The Labute approximate surface area is 165 Å². The highest BCUT2D eigenvalue weighted by Gasteiger charge is 2.39. The third-order valence-corrected chi connectivity index (χ3v) is 7.33. The molecule has 0 radical (unpaired) electrons. The highest BCUT2D eigenvalue weighted by Crippen LogP contribution is 2.32. The van der Waals surface area contributed by atoms with E-state index in [2.05, 4.69) is 4.72 Å². The molecule has 7 heteroatoms. The quantitative estimate of drug-likeness (QED) is 0.505. The Bertz CT molecular complexity index is 870. The molecular formula is C20H25NO4S2. The van der Waals surface area contributed by atoms with E-state index in [1.54, 1.807) is 36.9 Å². The molecule has 0 bridgehead atoms. The Morgan fingerprint density at radius 1 is 1.37 bits per heavy atom. The maximum absolute atomic E-state index is 12.8. The molecule has 0 saturated heterocycles. The summed E-state index contributed by atoms with van der Waals surface area (Å²) in [6, 6.07) is 6.79. The van der Waals surface area contributed by atoms with E-state index in [0.29, 0.717) is 6.42 Å². The summed E-state index contributed by atoms with van der Waals surface area (Å²) in [5.41, 5.74) is 1.97. The first-order chi connectivity index (χ1) is 12.7. The van der Waals surface area contributed by atoms with Crippen LogP contribution in [0.25, 0.3) is 5.57 Å². The number of aliphatic carboxylic acids is 1. The molecule has 0 aromatic heterocycles. The van der Waals surface area contributed by atoms with E-state index in [4.69, 9.17) is 0 Å². The second-order valence-corrected chi connectivity index (χ2v) is 9.57. The number of hydrogen-bond donors (Lipinski definition) is 2. The number of thioether (sulfide) groups is 1. The topological polar surface area (TPSA) is 83.5 Å². The molecule has 27 heavy (non-hydrogen) atoms. The average molecular weight is 408 g/mol.